The highest BCUT2D eigenvalue weighted by Crippen LogP contribution is 2.21. The third-order valence-electron chi connectivity index (χ3n) is 7.27. The number of rotatable bonds is 17. The highest BCUT2D eigenvalue weighted by molar-refractivity contribution is 6.83. The van der Waals surface area contributed by atoms with Crippen LogP contribution in [0.1, 0.15) is 28.7 Å². The number of benzene rings is 4. The summed E-state index contributed by atoms with van der Waals surface area (Å²) in [5.41, 5.74) is 7.81. The lowest BCUT2D eigenvalue weighted by Gasteiger charge is -2.36. The summed E-state index contributed by atoms with van der Waals surface area (Å²) in [5.74, 6) is 3.47. The van der Waals surface area contributed by atoms with Gasteiger partial charge in [-0.3, -0.25) is 0 Å². The molecule has 0 bridgehead atoms. The Morgan fingerprint density at radius 3 is 1.56 bits per heavy atom. The summed E-state index contributed by atoms with van der Waals surface area (Å²) < 4.78 is 19.4. The van der Waals surface area contributed by atoms with Crippen LogP contribution in [0.4, 0.5) is 0 Å². The van der Waals surface area contributed by atoms with Crippen molar-refractivity contribution in [2.24, 2.45) is 0 Å². The Labute approximate surface area is 270 Å². The van der Waals surface area contributed by atoms with Crippen molar-refractivity contribution in [2.75, 3.05) is 6.61 Å². The molecule has 0 aromatic heterocycles. The zero-order valence-electron chi connectivity index (χ0n) is 26.8. The molecule has 45 heavy (non-hydrogen) atoms. The van der Waals surface area contributed by atoms with Crippen LogP contribution in [0.5, 0.6) is 0 Å². The van der Waals surface area contributed by atoms with Gasteiger partial charge in [-0.2, -0.15) is 0 Å². The average molecular weight is 622 g/mol. The fourth-order valence-corrected chi connectivity index (χ4v) is 5.57. The Kier molecular flexibility index (Phi) is 14.1. The normalized spacial score (nSPS) is 14.1. The fourth-order valence-electron chi connectivity index (χ4n) is 4.94. The molecule has 0 unspecified atom stereocenters. The quantitative estimate of drug-likeness (QED) is 0.0968. The Hall–Kier alpha value is -3.54. The van der Waals surface area contributed by atoms with Crippen LogP contribution >= 0.6 is 0 Å². The van der Waals surface area contributed by atoms with Crippen LogP contribution in [0.25, 0.3) is 0 Å². The lowest BCUT2D eigenvalue weighted by Crippen LogP contribution is -2.53. The van der Waals surface area contributed by atoms with Gasteiger partial charge in [0.15, 0.2) is 0 Å². The zero-order chi connectivity index (χ0) is 31.7. The van der Waals surface area contributed by atoms with Crippen LogP contribution in [-0.4, -0.2) is 44.1 Å². The van der Waals surface area contributed by atoms with Crippen molar-refractivity contribution in [1.29, 1.82) is 0 Å². The van der Waals surface area contributed by atoms with Gasteiger partial charge in [0.05, 0.1) is 26.4 Å². The average Bonchev–Trinajstić information content (AvgIpc) is 3.06. The van der Waals surface area contributed by atoms with E-state index in [1.54, 1.807) is 0 Å². The molecule has 0 saturated carbocycles. The third kappa shape index (κ3) is 12.8. The van der Waals surface area contributed by atoms with E-state index in [0.717, 1.165) is 22.3 Å². The summed E-state index contributed by atoms with van der Waals surface area (Å²) in [6.07, 6.45) is -1.60. The smallest absolute Gasteiger partial charge is 0.129 e. The monoisotopic (exact) mass is 621 g/mol. The molecule has 0 aliphatic rings. The Morgan fingerprint density at radius 2 is 1.07 bits per heavy atom. The summed E-state index contributed by atoms with van der Waals surface area (Å²) in [7, 11) is -1.61. The molecule has 0 fully saturated rings. The van der Waals surface area contributed by atoms with Gasteiger partial charge < -0.3 is 24.6 Å². The topological polar surface area (TPSA) is 60.0 Å². The van der Waals surface area contributed by atoms with Crippen molar-refractivity contribution in [3.63, 3.8) is 0 Å². The van der Waals surface area contributed by atoms with Crippen LogP contribution in [0.2, 0.25) is 19.6 Å². The van der Waals surface area contributed by atoms with Gasteiger partial charge in [0.25, 0.3) is 0 Å². The summed E-state index contributed by atoms with van der Waals surface area (Å²) in [4.78, 5) is 0. The Bertz CT molecular complexity index is 1420. The molecule has 0 amide bonds. The van der Waals surface area contributed by atoms with Crippen LogP contribution in [-0.2, 0) is 40.6 Å². The molecule has 5 nitrogen and oxygen atoms in total. The molecule has 6 heteroatoms. The van der Waals surface area contributed by atoms with Crippen molar-refractivity contribution >= 4 is 8.07 Å². The van der Waals surface area contributed by atoms with E-state index < -0.39 is 26.4 Å². The molecule has 236 valence electrons. The first-order valence-electron chi connectivity index (χ1n) is 15.8. The van der Waals surface area contributed by atoms with E-state index in [0.29, 0.717) is 32.8 Å². The zero-order valence-corrected chi connectivity index (χ0v) is 27.8. The van der Waals surface area contributed by atoms with E-state index in [1.807, 2.05) is 109 Å². The molecule has 4 aromatic rings. The summed E-state index contributed by atoms with van der Waals surface area (Å²) in [6.45, 7) is 8.58. The Balaban J connectivity index is 1.63. The molecule has 4 rings (SSSR count). The second-order valence-corrected chi connectivity index (χ2v) is 17.1. The van der Waals surface area contributed by atoms with Crippen molar-refractivity contribution in [3.05, 3.63) is 144 Å². The van der Waals surface area contributed by atoms with Gasteiger partial charge in [0.2, 0.25) is 0 Å². The molecule has 2 N–H and O–H groups in total. The van der Waals surface area contributed by atoms with Crippen LogP contribution in [0.15, 0.2) is 121 Å². The molecular weight excluding hydrogens is 575 g/mol. The maximum absolute atomic E-state index is 11.7. The van der Waals surface area contributed by atoms with Crippen molar-refractivity contribution in [1.82, 2.24) is 5.32 Å². The minimum atomic E-state index is -1.61. The standard InChI is InChI=1S/C39H47NO4Si/c1-45(2,3)26-16-25-36(40-27-32-17-8-4-9-18-32)38(43-29-34-21-12-6-13-22-34)39(44-30-35-23-14-7-15-24-35)37(41)31-42-28-33-19-10-5-11-20-33/h4-15,17-24,36-41H,25,27-31H2,1-3H3/t36-,37-,38+,39+/m1/s1. The maximum atomic E-state index is 11.7. The molecule has 0 aliphatic heterocycles. The van der Waals surface area contributed by atoms with Crippen molar-refractivity contribution in [2.45, 2.75) is 76.8 Å². The second-order valence-electron chi connectivity index (χ2n) is 12.3. The van der Waals surface area contributed by atoms with Crippen LogP contribution in [0, 0.1) is 11.5 Å². The number of hydrogen-bond acceptors (Lipinski definition) is 5. The molecular formula is C39H47NO4Si. The molecule has 0 spiro atoms. The highest BCUT2D eigenvalue weighted by atomic mass is 28.3. The summed E-state index contributed by atoms with van der Waals surface area (Å²) >= 11 is 0. The number of aliphatic hydroxyl groups is 1. The van der Waals surface area contributed by atoms with Gasteiger partial charge in [0, 0.05) is 19.0 Å². The molecule has 0 aliphatic carbocycles. The minimum absolute atomic E-state index is 0.103. The minimum Gasteiger partial charge on any atom is -0.388 e. The Morgan fingerprint density at radius 1 is 0.622 bits per heavy atom. The van der Waals surface area contributed by atoms with E-state index in [-0.39, 0.29) is 12.6 Å². The lowest BCUT2D eigenvalue weighted by atomic mass is 9.97. The van der Waals surface area contributed by atoms with Gasteiger partial charge in [-0.15, -0.1) is 11.5 Å². The van der Waals surface area contributed by atoms with Gasteiger partial charge in [-0.05, 0) is 22.3 Å². The summed E-state index contributed by atoms with van der Waals surface area (Å²) in [5, 5.41) is 15.5. The number of aliphatic hydroxyl groups excluding tert-OH is 1. The maximum Gasteiger partial charge on any atom is 0.129 e. The van der Waals surface area contributed by atoms with Gasteiger partial charge in [-0.1, -0.05) is 141 Å². The predicted octanol–water partition coefficient (Wildman–Crippen LogP) is 7.16. The molecule has 0 heterocycles. The first-order chi connectivity index (χ1) is 21.9. The molecule has 4 aromatic carbocycles. The first-order valence-corrected chi connectivity index (χ1v) is 19.3. The first kappa shape index (κ1) is 34.3. The molecule has 0 saturated heterocycles. The number of ether oxygens (including phenoxy) is 3. The summed E-state index contributed by atoms with van der Waals surface area (Å²) in [6, 6.07) is 40.2. The van der Waals surface area contributed by atoms with E-state index in [4.69, 9.17) is 14.2 Å². The molecule has 4 atom stereocenters. The van der Waals surface area contributed by atoms with Crippen molar-refractivity contribution in [3.8, 4) is 11.5 Å². The van der Waals surface area contributed by atoms with Gasteiger partial charge in [-0.25, -0.2) is 0 Å². The number of nitrogens with one attached hydrogen (secondary N) is 1. The van der Waals surface area contributed by atoms with Crippen molar-refractivity contribution < 1.29 is 19.3 Å². The fraction of sp³-hybridized carbons (Fsp3) is 0.333. The SMILES string of the molecule is C[Si](C)(C)C#CC[C@@H](NCc1ccccc1)[C@H](OCc1ccccc1)[C@@H](OCc1ccccc1)[C@H](O)COCc1ccccc1. The largest absolute Gasteiger partial charge is 0.388 e. The van der Waals surface area contributed by atoms with E-state index >= 15 is 0 Å². The lowest BCUT2D eigenvalue weighted by molar-refractivity contribution is -0.156. The third-order valence-corrected chi connectivity index (χ3v) is 8.19. The van der Waals surface area contributed by atoms with Crippen LogP contribution < -0.4 is 5.32 Å². The van der Waals surface area contributed by atoms with Gasteiger partial charge >= 0.3 is 0 Å². The molecule has 0 radical (unpaired) electrons. The van der Waals surface area contributed by atoms with Crippen LogP contribution in [0.3, 0.4) is 0 Å². The number of hydrogen-bond donors (Lipinski definition) is 2. The second kappa shape index (κ2) is 18.4. The van der Waals surface area contributed by atoms with E-state index in [2.05, 4.69) is 48.6 Å². The van der Waals surface area contributed by atoms with E-state index in [1.165, 1.54) is 0 Å². The highest BCUT2D eigenvalue weighted by Gasteiger charge is 2.36. The predicted molar refractivity (Wildman–Crippen MR) is 185 cm³/mol. The van der Waals surface area contributed by atoms with E-state index in [9.17, 15) is 5.11 Å². The van der Waals surface area contributed by atoms with Gasteiger partial charge in [0.1, 0.15) is 26.4 Å².